The van der Waals surface area contributed by atoms with E-state index >= 15 is 0 Å². The van der Waals surface area contributed by atoms with Gasteiger partial charge in [-0.05, 0) is 18.8 Å². The maximum absolute atomic E-state index is 12.4. The second-order valence-electron chi connectivity index (χ2n) is 5.13. The van der Waals surface area contributed by atoms with Crippen LogP contribution in [0.3, 0.4) is 0 Å². The first kappa shape index (κ1) is 13.2. The third-order valence-electron chi connectivity index (χ3n) is 3.45. The van der Waals surface area contributed by atoms with Gasteiger partial charge in [-0.25, -0.2) is 4.98 Å². The third kappa shape index (κ3) is 2.70. The van der Waals surface area contributed by atoms with Crippen LogP contribution in [0.2, 0.25) is 0 Å². The maximum atomic E-state index is 12.4. The molecule has 2 aromatic heterocycles. The van der Waals surface area contributed by atoms with E-state index in [-0.39, 0.29) is 5.91 Å². The van der Waals surface area contributed by atoms with Crippen LogP contribution in [0.1, 0.15) is 30.3 Å². The van der Waals surface area contributed by atoms with Crippen molar-refractivity contribution < 1.29 is 4.79 Å². The number of carbonyl (C=O) groups is 1. The zero-order valence-corrected chi connectivity index (χ0v) is 12.1. The number of hydrogen-bond donors (Lipinski definition) is 0. The van der Waals surface area contributed by atoms with Crippen LogP contribution in [-0.4, -0.2) is 38.8 Å². The van der Waals surface area contributed by atoms with Crippen LogP contribution in [0.4, 0.5) is 0 Å². The van der Waals surface area contributed by atoms with Crippen LogP contribution in [0.25, 0.3) is 10.7 Å². The van der Waals surface area contributed by atoms with Crippen molar-refractivity contribution in [2.45, 2.75) is 19.8 Å². The molecule has 3 rings (SSSR count). The second-order valence-corrected chi connectivity index (χ2v) is 5.99. The van der Waals surface area contributed by atoms with Crippen molar-refractivity contribution in [1.29, 1.82) is 0 Å². The highest BCUT2D eigenvalue weighted by Gasteiger charge is 2.24. The second kappa shape index (κ2) is 5.66. The van der Waals surface area contributed by atoms with Crippen molar-refractivity contribution in [2.75, 3.05) is 13.1 Å². The van der Waals surface area contributed by atoms with E-state index in [9.17, 15) is 4.79 Å². The Morgan fingerprint density at radius 2 is 2.35 bits per heavy atom. The molecule has 20 heavy (non-hydrogen) atoms. The minimum absolute atomic E-state index is 0.0305. The summed E-state index contributed by atoms with van der Waals surface area (Å²) in [7, 11) is 0. The highest BCUT2D eigenvalue weighted by atomic mass is 32.1. The van der Waals surface area contributed by atoms with Crippen LogP contribution >= 0.6 is 11.3 Å². The molecule has 1 fully saturated rings. The first-order chi connectivity index (χ1) is 9.74. The molecule has 1 unspecified atom stereocenters. The van der Waals surface area contributed by atoms with E-state index in [1.807, 2.05) is 10.3 Å². The first-order valence-corrected chi connectivity index (χ1v) is 7.63. The third-order valence-corrected chi connectivity index (χ3v) is 4.31. The molecule has 0 bridgehead atoms. The van der Waals surface area contributed by atoms with Gasteiger partial charge in [0.2, 0.25) is 0 Å². The maximum Gasteiger partial charge on any atom is 0.273 e. The van der Waals surface area contributed by atoms with Gasteiger partial charge in [-0.1, -0.05) is 6.92 Å². The molecule has 0 N–H and O–H groups in total. The van der Waals surface area contributed by atoms with Crippen molar-refractivity contribution in [3.05, 3.63) is 29.7 Å². The predicted octanol–water partition coefficient (Wildman–Crippen LogP) is 2.47. The number of rotatable bonds is 2. The Bertz CT molecular complexity index is 598. The fourth-order valence-electron chi connectivity index (χ4n) is 2.44. The van der Waals surface area contributed by atoms with Crippen molar-refractivity contribution in [3.63, 3.8) is 0 Å². The van der Waals surface area contributed by atoms with Crippen molar-refractivity contribution >= 4 is 17.2 Å². The fourth-order valence-corrected chi connectivity index (χ4v) is 3.19. The van der Waals surface area contributed by atoms with Crippen LogP contribution in [0, 0.1) is 5.92 Å². The van der Waals surface area contributed by atoms with Gasteiger partial charge in [0.25, 0.3) is 5.91 Å². The Hall–Kier alpha value is -1.82. The van der Waals surface area contributed by atoms with Crippen molar-refractivity contribution in [2.24, 2.45) is 5.92 Å². The molecule has 1 aliphatic heterocycles. The van der Waals surface area contributed by atoms with Crippen LogP contribution in [0.15, 0.2) is 24.0 Å². The van der Waals surface area contributed by atoms with Gasteiger partial charge in [-0.3, -0.25) is 14.8 Å². The standard InChI is InChI=1S/C14H16N4OS/c1-10-3-2-6-18(8-10)14(19)12-9-20-13(17-12)11-7-15-4-5-16-11/h4-5,7,9-10H,2-3,6,8H2,1H3. The molecule has 1 aliphatic rings. The monoisotopic (exact) mass is 288 g/mol. The number of aromatic nitrogens is 3. The Kier molecular flexibility index (Phi) is 3.73. The van der Waals surface area contributed by atoms with Gasteiger partial charge in [-0.2, -0.15) is 0 Å². The summed E-state index contributed by atoms with van der Waals surface area (Å²) in [5, 5.41) is 2.55. The van der Waals surface area contributed by atoms with E-state index < -0.39 is 0 Å². The summed E-state index contributed by atoms with van der Waals surface area (Å²) in [5.41, 5.74) is 1.23. The lowest BCUT2D eigenvalue weighted by Gasteiger charge is -2.30. The molecule has 0 saturated carbocycles. The van der Waals surface area contributed by atoms with Crippen molar-refractivity contribution in [1.82, 2.24) is 19.9 Å². The summed E-state index contributed by atoms with van der Waals surface area (Å²) >= 11 is 1.43. The zero-order chi connectivity index (χ0) is 13.9. The summed E-state index contributed by atoms with van der Waals surface area (Å²) in [6.45, 7) is 3.85. The highest BCUT2D eigenvalue weighted by Crippen LogP contribution is 2.23. The smallest absolute Gasteiger partial charge is 0.273 e. The number of thiazole rings is 1. The summed E-state index contributed by atoms with van der Waals surface area (Å²) in [6, 6.07) is 0. The molecule has 0 aromatic carbocycles. The summed E-state index contributed by atoms with van der Waals surface area (Å²) in [5.74, 6) is 0.605. The number of piperidine rings is 1. The molecule has 0 aliphatic carbocycles. The lowest BCUT2D eigenvalue weighted by Crippen LogP contribution is -2.39. The van der Waals surface area contributed by atoms with E-state index in [0.717, 1.165) is 24.5 Å². The molecule has 1 atom stereocenters. The van der Waals surface area contributed by atoms with Crippen LogP contribution < -0.4 is 0 Å². The quantitative estimate of drug-likeness (QED) is 0.851. The lowest BCUT2D eigenvalue weighted by atomic mass is 10.0. The number of amides is 1. The Morgan fingerprint density at radius 1 is 1.45 bits per heavy atom. The summed E-state index contributed by atoms with van der Waals surface area (Å²) < 4.78 is 0. The van der Waals surface area contributed by atoms with E-state index in [1.165, 1.54) is 17.8 Å². The fraction of sp³-hybridized carbons (Fsp3) is 0.429. The average Bonchev–Trinajstić information content (AvgIpc) is 2.97. The Balaban J connectivity index is 1.78. The first-order valence-electron chi connectivity index (χ1n) is 6.75. The minimum Gasteiger partial charge on any atom is -0.337 e. The van der Waals surface area contributed by atoms with E-state index in [2.05, 4.69) is 21.9 Å². The molecule has 104 valence electrons. The number of likely N-dealkylation sites (tertiary alicyclic amines) is 1. The summed E-state index contributed by atoms with van der Waals surface area (Å²) in [4.78, 5) is 27.0. The number of carbonyl (C=O) groups excluding carboxylic acids is 1. The van der Waals surface area contributed by atoms with Gasteiger partial charge in [-0.15, -0.1) is 11.3 Å². The molecule has 3 heterocycles. The molecule has 1 amide bonds. The van der Waals surface area contributed by atoms with E-state index in [4.69, 9.17) is 0 Å². The number of nitrogens with zero attached hydrogens (tertiary/aromatic N) is 4. The van der Waals surface area contributed by atoms with Crippen molar-refractivity contribution in [3.8, 4) is 10.7 Å². The Labute approximate surface area is 121 Å². The van der Waals surface area contributed by atoms with Gasteiger partial charge in [0.05, 0.1) is 6.20 Å². The van der Waals surface area contributed by atoms with Gasteiger partial charge in [0, 0.05) is 30.9 Å². The molecule has 2 aromatic rings. The van der Waals surface area contributed by atoms with Gasteiger partial charge in [0.15, 0.2) is 0 Å². The normalized spacial score (nSPS) is 19.1. The SMILES string of the molecule is CC1CCCN(C(=O)c2csc(-c3cnccn3)n2)C1. The van der Waals surface area contributed by atoms with E-state index in [0.29, 0.717) is 17.3 Å². The number of hydrogen-bond acceptors (Lipinski definition) is 5. The minimum atomic E-state index is 0.0305. The largest absolute Gasteiger partial charge is 0.337 e. The molecular weight excluding hydrogens is 272 g/mol. The molecule has 0 radical (unpaired) electrons. The van der Waals surface area contributed by atoms with E-state index in [1.54, 1.807) is 18.6 Å². The molecule has 5 nitrogen and oxygen atoms in total. The molecule has 6 heteroatoms. The Morgan fingerprint density at radius 3 is 3.10 bits per heavy atom. The zero-order valence-electron chi connectivity index (χ0n) is 11.3. The predicted molar refractivity (Wildman–Crippen MR) is 77.4 cm³/mol. The molecular formula is C14H16N4OS. The topological polar surface area (TPSA) is 59.0 Å². The van der Waals surface area contributed by atoms with Gasteiger partial charge < -0.3 is 4.90 Å². The molecule has 0 spiro atoms. The van der Waals surface area contributed by atoms with Crippen LogP contribution in [-0.2, 0) is 0 Å². The van der Waals surface area contributed by atoms with Gasteiger partial charge >= 0.3 is 0 Å². The molecule has 1 saturated heterocycles. The van der Waals surface area contributed by atoms with Crippen LogP contribution in [0.5, 0.6) is 0 Å². The average molecular weight is 288 g/mol. The summed E-state index contributed by atoms with van der Waals surface area (Å²) in [6.07, 6.45) is 7.19. The lowest BCUT2D eigenvalue weighted by molar-refractivity contribution is 0.0678. The highest BCUT2D eigenvalue weighted by molar-refractivity contribution is 7.13. The van der Waals surface area contributed by atoms with Gasteiger partial charge in [0.1, 0.15) is 16.4 Å².